The number of aromatic nitrogens is 4. The molecule has 0 saturated carbocycles. The maximum Gasteiger partial charge on any atom is 0.332 e. The third-order valence-corrected chi connectivity index (χ3v) is 6.45. The highest BCUT2D eigenvalue weighted by Gasteiger charge is 2.25. The zero-order valence-electron chi connectivity index (χ0n) is 18.4. The molecule has 4 rings (SSSR count). The minimum absolute atomic E-state index is 0.287. The minimum atomic E-state index is -0.344. The van der Waals surface area contributed by atoms with Crippen molar-refractivity contribution in [1.29, 1.82) is 0 Å². The van der Waals surface area contributed by atoms with Crippen molar-refractivity contribution in [2.45, 2.75) is 58.7 Å². The Morgan fingerprint density at radius 2 is 1.77 bits per heavy atom. The Labute approximate surface area is 176 Å². The molecule has 0 N–H and O–H groups in total. The molecule has 1 fully saturated rings. The first-order chi connectivity index (χ1) is 14.4. The Bertz CT molecular complexity index is 1170. The fourth-order valence-electron chi connectivity index (χ4n) is 4.57. The molecule has 1 atom stereocenters. The van der Waals surface area contributed by atoms with E-state index in [4.69, 9.17) is 4.98 Å². The van der Waals surface area contributed by atoms with Gasteiger partial charge in [0.05, 0.1) is 6.54 Å². The topological polar surface area (TPSA) is 65.1 Å². The predicted octanol–water partition coefficient (Wildman–Crippen LogP) is 2.55. The van der Waals surface area contributed by atoms with Gasteiger partial charge in [0.15, 0.2) is 11.2 Å². The van der Waals surface area contributed by atoms with Crippen LogP contribution in [0.2, 0.25) is 0 Å². The van der Waals surface area contributed by atoms with E-state index in [1.807, 2.05) is 4.57 Å². The summed E-state index contributed by atoms with van der Waals surface area (Å²) in [6.07, 6.45) is 4.77. The second-order valence-electron chi connectivity index (χ2n) is 8.51. The molecule has 3 heterocycles. The van der Waals surface area contributed by atoms with E-state index in [0.29, 0.717) is 30.3 Å². The molecule has 2 aromatic heterocycles. The molecule has 7 nitrogen and oxygen atoms in total. The zero-order valence-corrected chi connectivity index (χ0v) is 18.4. The van der Waals surface area contributed by atoms with Gasteiger partial charge in [-0.1, -0.05) is 43.2 Å². The fourth-order valence-corrected chi connectivity index (χ4v) is 4.57. The number of likely N-dealkylation sites (tertiary alicyclic amines) is 1. The molecule has 7 heteroatoms. The lowest BCUT2D eigenvalue weighted by molar-refractivity contribution is 0.131. The van der Waals surface area contributed by atoms with Crippen LogP contribution >= 0.6 is 0 Å². The van der Waals surface area contributed by atoms with E-state index in [0.717, 1.165) is 24.4 Å². The van der Waals surface area contributed by atoms with Crippen molar-refractivity contribution < 1.29 is 0 Å². The van der Waals surface area contributed by atoms with Crippen LogP contribution in [-0.4, -0.2) is 36.2 Å². The van der Waals surface area contributed by atoms with Gasteiger partial charge in [-0.25, -0.2) is 9.78 Å². The van der Waals surface area contributed by atoms with Crippen LogP contribution in [0, 0.1) is 6.92 Å². The molecule has 3 aromatic rings. The number of benzene rings is 1. The van der Waals surface area contributed by atoms with E-state index < -0.39 is 0 Å². The molecule has 1 unspecified atom stereocenters. The quantitative estimate of drug-likeness (QED) is 0.650. The van der Waals surface area contributed by atoms with E-state index in [9.17, 15) is 9.59 Å². The Morgan fingerprint density at radius 1 is 1.03 bits per heavy atom. The third-order valence-electron chi connectivity index (χ3n) is 6.45. The molecule has 30 heavy (non-hydrogen) atoms. The number of fused-ring (bicyclic) bond motifs is 1. The Kier molecular flexibility index (Phi) is 5.64. The number of rotatable bonds is 5. The van der Waals surface area contributed by atoms with Gasteiger partial charge in [0.2, 0.25) is 0 Å². The van der Waals surface area contributed by atoms with Crippen molar-refractivity contribution in [2.24, 2.45) is 14.1 Å². The number of aryl methyl sites for hydroxylation is 2. The highest BCUT2D eigenvalue weighted by Crippen LogP contribution is 2.23. The van der Waals surface area contributed by atoms with Crippen molar-refractivity contribution >= 4 is 11.2 Å². The van der Waals surface area contributed by atoms with Crippen LogP contribution < -0.4 is 11.2 Å². The molecule has 0 aliphatic carbocycles. The summed E-state index contributed by atoms with van der Waals surface area (Å²) in [4.78, 5) is 32.8. The zero-order chi connectivity index (χ0) is 21.4. The van der Waals surface area contributed by atoms with Crippen LogP contribution in [-0.2, 0) is 27.2 Å². The second-order valence-corrected chi connectivity index (χ2v) is 8.51. The molecule has 0 amide bonds. The van der Waals surface area contributed by atoms with Crippen molar-refractivity contribution in [3.8, 4) is 0 Å². The normalized spacial score (nSPS) is 17.7. The molecule has 0 spiro atoms. The summed E-state index contributed by atoms with van der Waals surface area (Å²) >= 11 is 0. The van der Waals surface area contributed by atoms with Crippen LogP contribution in [0.15, 0.2) is 33.9 Å². The first-order valence-electron chi connectivity index (χ1n) is 10.9. The standard InChI is InChI=1S/C23H31N5O2/c1-5-18-8-6-7-13-27(18)15-19-24-21-20(22(29)26(4)23(30)25(21)3)28(19)14-17-11-9-16(2)10-12-17/h9-12,18H,5-8,13-15H2,1-4H3. The van der Waals surface area contributed by atoms with Gasteiger partial charge in [-0.2, -0.15) is 0 Å². The smallest absolute Gasteiger partial charge is 0.317 e. The summed E-state index contributed by atoms with van der Waals surface area (Å²) in [7, 11) is 3.22. The number of imidazole rings is 1. The fraction of sp³-hybridized carbons (Fsp3) is 0.522. The first kappa shape index (κ1) is 20.6. The monoisotopic (exact) mass is 409 g/mol. The average molecular weight is 410 g/mol. The summed E-state index contributed by atoms with van der Waals surface area (Å²) in [6, 6.07) is 8.89. The average Bonchev–Trinajstić information content (AvgIpc) is 3.10. The number of piperidine rings is 1. The minimum Gasteiger partial charge on any atom is -0.317 e. The summed E-state index contributed by atoms with van der Waals surface area (Å²) in [5.41, 5.74) is 2.65. The van der Waals surface area contributed by atoms with Crippen molar-refractivity contribution in [3.05, 3.63) is 62.1 Å². The van der Waals surface area contributed by atoms with E-state index in [-0.39, 0.29) is 11.2 Å². The van der Waals surface area contributed by atoms with Crippen LogP contribution in [0.3, 0.4) is 0 Å². The largest absolute Gasteiger partial charge is 0.332 e. The predicted molar refractivity (Wildman–Crippen MR) is 119 cm³/mol. The van der Waals surface area contributed by atoms with Gasteiger partial charge in [-0.15, -0.1) is 0 Å². The van der Waals surface area contributed by atoms with Crippen LogP contribution in [0.4, 0.5) is 0 Å². The van der Waals surface area contributed by atoms with Crippen molar-refractivity contribution in [1.82, 2.24) is 23.6 Å². The first-order valence-corrected chi connectivity index (χ1v) is 10.9. The maximum atomic E-state index is 13.1. The van der Waals surface area contributed by atoms with E-state index in [1.165, 1.54) is 41.0 Å². The molecular formula is C23H31N5O2. The van der Waals surface area contributed by atoms with Gasteiger partial charge < -0.3 is 4.57 Å². The molecule has 1 saturated heterocycles. The van der Waals surface area contributed by atoms with Crippen LogP contribution in [0.5, 0.6) is 0 Å². The van der Waals surface area contributed by atoms with E-state index in [1.54, 1.807) is 7.05 Å². The lowest BCUT2D eigenvalue weighted by Gasteiger charge is -2.34. The van der Waals surface area contributed by atoms with Crippen LogP contribution in [0.1, 0.15) is 49.6 Å². The lowest BCUT2D eigenvalue weighted by atomic mass is 10.00. The lowest BCUT2D eigenvalue weighted by Crippen LogP contribution is -2.39. The summed E-state index contributed by atoms with van der Waals surface area (Å²) in [5.74, 6) is 0.851. The summed E-state index contributed by atoms with van der Waals surface area (Å²) in [6.45, 7) is 6.59. The van der Waals surface area contributed by atoms with Gasteiger partial charge in [0, 0.05) is 26.7 Å². The molecule has 0 bridgehead atoms. The summed E-state index contributed by atoms with van der Waals surface area (Å²) in [5, 5.41) is 0. The SMILES string of the molecule is CCC1CCCCN1Cc1nc2c(c(=O)n(C)c(=O)n2C)n1Cc1ccc(C)cc1. The highest BCUT2D eigenvalue weighted by atomic mass is 16.2. The van der Waals surface area contributed by atoms with Crippen LogP contribution in [0.25, 0.3) is 11.2 Å². The Hall–Kier alpha value is -2.67. The van der Waals surface area contributed by atoms with E-state index in [2.05, 4.69) is 43.0 Å². The van der Waals surface area contributed by atoms with E-state index >= 15 is 0 Å². The molecule has 1 aliphatic rings. The Balaban J connectivity index is 1.86. The van der Waals surface area contributed by atoms with Gasteiger partial charge in [0.1, 0.15) is 5.82 Å². The van der Waals surface area contributed by atoms with Gasteiger partial charge in [0.25, 0.3) is 5.56 Å². The molecule has 1 aliphatic heterocycles. The third kappa shape index (κ3) is 3.62. The molecular weight excluding hydrogens is 378 g/mol. The summed E-state index contributed by atoms with van der Waals surface area (Å²) < 4.78 is 4.68. The van der Waals surface area contributed by atoms with Gasteiger partial charge in [-0.3, -0.25) is 18.8 Å². The van der Waals surface area contributed by atoms with Gasteiger partial charge >= 0.3 is 5.69 Å². The highest BCUT2D eigenvalue weighted by molar-refractivity contribution is 5.71. The molecule has 160 valence electrons. The number of hydrogen-bond acceptors (Lipinski definition) is 4. The molecule has 0 radical (unpaired) electrons. The van der Waals surface area contributed by atoms with Crippen molar-refractivity contribution in [2.75, 3.05) is 6.54 Å². The number of hydrogen-bond donors (Lipinski definition) is 0. The second kappa shape index (κ2) is 8.22. The maximum absolute atomic E-state index is 13.1. The van der Waals surface area contributed by atoms with Crippen molar-refractivity contribution in [3.63, 3.8) is 0 Å². The van der Waals surface area contributed by atoms with Gasteiger partial charge in [-0.05, 0) is 38.3 Å². The number of nitrogens with zero attached hydrogens (tertiary/aromatic N) is 5. The molecule has 1 aromatic carbocycles. The Morgan fingerprint density at radius 3 is 2.47 bits per heavy atom.